The molecule has 0 saturated carbocycles. The van der Waals surface area contributed by atoms with Crippen LogP contribution in [0.2, 0.25) is 0 Å². The maximum absolute atomic E-state index is 12.8. The molecule has 1 aromatic carbocycles. The summed E-state index contributed by atoms with van der Waals surface area (Å²) in [6.45, 7) is 0. The van der Waals surface area contributed by atoms with E-state index in [1.165, 1.54) is 42.8 Å². The normalized spacial score (nSPS) is 11.3. The minimum atomic E-state index is -3.80. The van der Waals surface area contributed by atoms with Crippen molar-refractivity contribution in [3.63, 3.8) is 0 Å². The number of halogens is 1. The van der Waals surface area contributed by atoms with Crippen LogP contribution in [0.3, 0.4) is 0 Å². The zero-order chi connectivity index (χ0) is 14.9. The molecule has 1 heterocycles. The Labute approximate surface area is 119 Å². The maximum Gasteiger partial charge on any atom is 0.264 e. The lowest BCUT2D eigenvalue weighted by molar-refractivity contribution is 0.100. The predicted octanol–water partition coefficient (Wildman–Crippen LogP) is 1.81. The van der Waals surface area contributed by atoms with E-state index >= 15 is 0 Å². The molecule has 0 unspecified atom stereocenters. The molecule has 0 saturated heterocycles. The SMILES string of the molecule is CN(c1ccc(F)cc1)S(=O)(=O)c1csc(C(N)=O)c1. The van der Waals surface area contributed by atoms with Crippen molar-refractivity contribution in [1.29, 1.82) is 0 Å². The highest BCUT2D eigenvalue weighted by molar-refractivity contribution is 7.93. The number of carbonyl (C=O) groups is 1. The number of carbonyl (C=O) groups excluding carboxylic acids is 1. The molecule has 106 valence electrons. The van der Waals surface area contributed by atoms with Crippen LogP contribution in [0.1, 0.15) is 9.67 Å². The number of primary amides is 1. The monoisotopic (exact) mass is 314 g/mol. The van der Waals surface area contributed by atoms with Crippen molar-refractivity contribution >= 4 is 33.0 Å². The lowest BCUT2D eigenvalue weighted by Crippen LogP contribution is -2.26. The minimum absolute atomic E-state index is 0.0249. The second-order valence-electron chi connectivity index (χ2n) is 3.96. The van der Waals surface area contributed by atoms with E-state index in [0.29, 0.717) is 5.69 Å². The Hall–Kier alpha value is -1.93. The molecule has 5 nitrogen and oxygen atoms in total. The first-order chi connectivity index (χ1) is 9.32. The Morgan fingerprint density at radius 2 is 1.90 bits per heavy atom. The maximum atomic E-state index is 12.8. The molecule has 0 aliphatic heterocycles. The summed E-state index contributed by atoms with van der Waals surface area (Å²) in [5, 5.41) is 1.34. The van der Waals surface area contributed by atoms with Crippen molar-refractivity contribution in [2.75, 3.05) is 11.4 Å². The Balaban J connectivity index is 2.38. The van der Waals surface area contributed by atoms with Crippen LogP contribution in [0.25, 0.3) is 0 Å². The quantitative estimate of drug-likeness (QED) is 0.934. The summed E-state index contributed by atoms with van der Waals surface area (Å²) in [7, 11) is -2.45. The molecule has 2 rings (SSSR count). The molecular weight excluding hydrogens is 303 g/mol. The van der Waals surface area contributed by atoms with Gasteiger partial charge in [-0.15, -0.1) is 11.3 Å². The fourth-order valence-corrected chi connectivity index (χ4v) is 3.84. The van der Waals surface area contributed by atoms with Crippen LogP contribution in [-0.4, -0.2) is 21.4 Å². The van der Waals surface area contributed by atoms with Gasteiger partial charge in [0.25, 0.3) is 15.9 Å². The third kappa shape index (κ3) is 2.66. The van der Waals surface area contributed by atoms with Gasteiger partial charge in [-0.05, 0) is 30.3 Å². The summed E-state index contributed by atoms with van der Waals surface area (Å²) in [5.74, 6) is -1.13. The Morgan fingerprint density at radius 3 is 2.40 bits per heavy atom. The molecule has 0 spiro atoms. The van der Waals surface area contributed by atoms with Crippen molar-refractivity contribution in [3.05, 3.63) is 46.4 Å². The number of benzene rings is 1. The molecule has 1 amide bonds. The summed E-state index contributed by atoms with van der Waals surface area (Å²) >= 11 is 0.959. The van der Waals surface area contributed by atoms with Gasteiger partial charge in [-0.2, -0.15) is 0 Å². The lowest BCUT2D eigenvalue weighted by Gasteiger charge is -2.18. The van der Waals surface area contributed by atoms with Gasteiger partial charge in [0.2, 0.25) is 0 Å². The molecule has 2 aromatic rings. The largest absolute Gasteiger partial charge is 0.365 e. The van der Waals surface area contributed by atoms with E-state index in [2.05, 4.69) is 0 Å². The number of nitrogens with zero attached hydrogens (tertiary/aromatic N) is 1. The second kappa shape index (κ2) is 5.22. The number of rotatable bonds is 4. The van der Waals surface area contributed by atoms with Crippen LogP contribution in [0, 0.1) is 5.82 Å². The molecular formula is C12H11FN2O3S2. The van der Waals surface area contributed by atoms with Gasteiger partial charge in [0, 0.05) is 12.4 Å². The Kier molecular flexibility index (Phi) is 3.78. The zero-order valence-corrected chi connectivity index (χ0v) is 12.0. The van der Waals surface area contributed by atoms with Crippen molar-refractivity contribution in [3.8, 4) is 0 Å². The van der Waals surface area contributed by atoms with Gasteiger partial charge in [0.05, 0.1) is 15.5 Å². The highest BCUT2D eigenvalue weighted by atomic mass is 32.2. The van der Waals surface area contributed by atoms with E-state index < -0.39 is 21.7 Å². The predicted molar refractivity (Wildman–Crippen MR) is 74.8 cm³/mol. The molecule has 0 aliphatic carbocycles. The number of hydrogen-bond acceptors (Lipinski definition) is 4. The van der Waals surface area contributed by atoms with Crippen LogP contribution in [0.5, 0.6) is 0 Å². The second-order valence-corrected chi connectivity index (χ2v) is 6.84. The zero-order valence-electron chi connectivity index (χ0n) is 10.4. The van der Waals surface area contributed by atoms with E-state index in [0.717, 1.165) is 15.6 Å². The van der Waals surface area contributed by atoms with Crippen molar-refractivity contribution in [1.82, 2.24) is 0 Å². The lowest BCUT2D eigenvalue weighted by atomic mass is 10.3. The van der Waals surface area contributed by atoms with Gasteiger partial charge < -0.3 is 5.73 Å². The van der Waals surface area contributed by atoms with Crippen LogP contribution in [-0.2, 0) is 10.0 Å². The number of nitrogens with two attached hydrogens (primary N) is 1. The van der Waals surface area contributed by atoms with Crippen LogP contribution in [0.4, 0.5) is 10.1 Å². The van der Waals surface area contributed by atoms with E-state index in [-0.39, 0.29) is 9.77 Å². The molecule has 0 aliphatic rings. The summed E-state index contributed by atoms with van der Waals surface area (Å²) in [6.07, 6.45) is 0. The smallest absolute Gasteiger partial charge is 0.264 e. The molecule has 8 heteroatoms. The third-order valence-corrected chi connectivity index (χ3v) is 5.52. The molecule has 1 aromatic heterocycles. The Bertz CT molecular complexity index is 738. The molecule has 20 heavy (non-hydrogen) atoms. The topological polar surface area (TPSA) is 80.5 Å². The average Bonchev–Trinajstić information content (AvgIpc) is 2.89. The van der Waals surface area contributed by atoms with E-state index in [9.17, 15) is 17.6 Å². The fourth-order valence-electron chi connectivity index (χ4n) is 1.53. The van der Waals surface area contributed by atoms with Gasteiger partial charge in [-0.3, -0.25) is 9.10 Å². The van der Waals surface area contributed by atoms with Gasteiger partial charge in [0.1, 0.15) is 5.82 Å². The molecule has 0 radical (unpaired) electrons. The Morgan fingerprint density at radius 1 is 1.30 bits per heavy atom. The number of sulfonamides is 1. The number of hydrogen-bond donors (Lipinski definition) is 1. The van der Waals surface area contributed by atoms with Gasteiger partial charge >= 0.3 is 0 Å². The number of amides is 1. The van der Waals surface area contributed by atoms with Crippen molar-refractivity contribution in [2.24, 2.45) is 5.73 Å². The number of anilines is 1. The highest BCUT2D eigenvalue weighted by Crippen LogP contribution is 2.25. The molecule has 0 bridgehead atoms. The average molecular weight is 314 g/mol. The molecule has 0 atom stereocenters. The summed E-state index contributed by atoms with van der Waals surface area (Å²) < 4.78 is 38.5. The van der Waals surface area contributed by atoms with E-state index in [1.807, 2.05) is 0 Å². The first-order valence-corrected chi connectivity index (χ1v) is 7.77. The number of thiophene rings is 1. The highest BCUT2D eigenvalue weighted by Gasteiger charge is 2.23. The summed E-state index contributed by atoms with van der Waals surface area (Å²) in [5.41, 5.74) is 5.41. The molecule has 2 N–H and O–H groups in total. The van der Waals surface area contributed by atoms with Crippen LogP contribution in [0.15, 0.2) is 40.6 Å². The fraction of sp³-hybridized carbons (Fsp3) is 0.0833. The first-order valence-electron chi connectivity index (χ1n) is 5.45. The van der Waals surface area contributed by atoms with E-state index in [4.69, 9.17) is 5.73 Å². The standard InChI is InChI=1S/C12H11FN2O3S2/c1-15(9-4-2-8(13)3-5-9)20(17,18)10-6-11(12(14)16)19-7-10/h2-7H,1H3,(H2,14,16). The van der Waals surface area contributed by atoms with E-state index in [1.54, 1.807) is 0 Å². The van der Waals surface area contributed by atoms with Crippen molar-refractivity contribution < 1.29 is 17.6 Å². The van der Waals surface area contributed by atoms with Gasteiger partial charge in [0.15, 0.2) is 0 Å². The summed E-state index contributed by atoms with van der Waals surface area (Å²) in [6, 6.07) is 6.28. The van der Waals surface area contributed by atoms with Crippen molar-refractivity contribution in [2.45, 2.75) is 4.90 Å². The van der Waals surface area contributed by atoms with Crippen LogP contribution >= 0.6 is 11.3 Å². The first kappa shape index (κ1) is 14.5. The van der Waals surface area contributed by atoms with Gasteiger partial charge in [-0.1, -0.05) is 0 Å². The minimum Gasteiger partial charge on any atom is -0.365 e. The summed E-state index contributed by atoms with van der Waals surface area (Å²) in [4.78, 5) is 11.1. The van der Waals surface area contributed by atoms with Crippen LogP contribution < -0.4 is 10.0 Å². The molecule has 0 fully saturated rings. The van der Waals surface area contributed by atoms with Gasteiger partial charge in [-0.25, -0.2) is 12.8 Å². The third-order valence-electron chi connectivity index (χ3n) is 2.67.